The Morgan fingerprint density at radius 3 is 2.49 bits per heavy atom. The molecule has 0 spiro atoms. The van der Waals surface area contributed by atoms with Crippen LogP contribution in [0.5, 0.6) is 0 Å². The van der Waals surface area contributed by atoms with Crippen LogP contribution in [0.4, 0.5) is 19.0 Å². The molecule has 0 unspecified atom stereocenters. The van der Waals surface area contributed by atoms with Gasteiger partial charge in [0.15, 0.2) is 0 Å². The van der Waals surface area contributed by atoms with Gasteiger partial charge in [-0.2, -0.15) is 0 Å². The van der Waals surface area contributed by atoms with E-state index in [0.717, 1.165) is 48.3 Å². The molecule has 1 saturated heterocycles. The summed E-state index contributed by atoms with van der Waals surface area (Å²) in [5.41, 5.74) is 1.35. The van der Waals surface area contributed by atoms with Crippen LogP contribution in [0.3, 0.4) is 0 Å². The highest BCUT2D eigenvalue weighted by Gasteiger charge is 2.47. The van der Waals surface area contributed by atoms with Crippen molar-refractivity contribution in [2.75, 3.05) is 32.1 Å². The van der Waals surface area contributed by atoms with Crippen LogP contribution in [0.2, 0.25) is 5.02 Å². The molecule has 1 aliphatic heterocycles. The lowest BCUT2D eigenvalue weighted by Gasteiger charge is -2.39. The fourth-order valence-electron chi connectivity index (χ4n) is 5.38. The zero-order valence-electron chi connectivity index (χ0n) is 24.8. The zero-order valence-corrected chi connectivity index (χ0v) is 25.6. The molecule has 2 N–H and O–H groups in total. The Kier molecular flexibility index (Phi) is 8.49. The van der Waals surface area contributed by atoms with E-state index in [1.807, 2.05) is 6.92 Å². The van der Waals surface area contributed by atoms with E-state index in [-0.39, 0.29) is 45.6 Å². The monoisotopic (exact) mass is 643 g/mol. The quantitative estimate of drug-likeness (QED) is 0.291. The predicted molar refractivity (Wildman–Crippen MR) is 163 cm³/mol. The summed E-state index contributed by atoms with van der Waals surface area (Å²) in [6, 6.07) is 6.98. The van der Waals surface area contributed by atoms with Crippen molar-refractivity contribution in [2.24, 2.45) is 0 Å². The first-order chi connectivity index (χ1) is 21.4. The zero-order chi connectivity index (χ0) is 32.0. The van der Waals surface area contributed by atoms with Crippen LogP contribution >= 0.6 is 11.6 Å². The van der Waals surface area contributed by atoms with E-state index in [4.69, 9.17) is 16.3 Å². The Morgan fingerprint density at radius 2 is 1.84 bits per heavy atom. The van der Waals surface area contributed by atoms with Gasteiger partial charge < -0.3 is 24.8 Å². The summed E-state index contributed by atoms with van der Waals surface area (Å²) in [4.78, 5) is 45.8. The number of nitrogens with zero attached hydrogens (tertiary/aromatic N) is 3. The number of carbonyl (C=O) groups excluding carboxylic acids is 2. The van der Waals surface area contributed by atoms with E-state index in [0.29, 0.717) is 24.3 Å². The van der Waals surface area contributed by atoms with Crippen LogP contribution in [0.1, 0.15) is 76.5 Å². The Bertz CT molecular complexity index is 1720. The summed E-state index contributed by atoms with van der Waals surface area (Å²) in [6.07, 6.45) is 5.17. The van der Waals surface area contributed by atoms with E-state index in [1.165, 1.54) is 6.07 Å². The van der Waals surface area contributed by atoms with Crippen molar-refractivity contribution in [2.45, 2.75) is 63.1 Å². The lowest BCUT2D eigenvalue weighted by atomic mass is 9.96. The third-order valence-corrected chi connectivity index (χ3v) is 8.55. The number of nitrogens with one attached hydrogen (secondary N) is 2. The first-order valence-electron chi connectivity index (χ1n) is 14.9. The average molecular weight is 644 g/mol. The lowest BCUT2D eigenvalue weighted by molar-refractivity contribution is -0.113. The molecule has 0 bridgehead atoms. The molecule has 2 aliphatic carbocycles. The predicted octanol–water partition coefficient (Wildman–Crippen LogP) is 5.38. The van der Waals surface area contributed by atoms with Gasteiger partial charge in [0, 0.05) is 49.6 Å². The number of halogens is 4. The van der Waals surface area contributed by atoms with Crippen molar-refractivity contribution in [3.63, 3.8) is 0 Å². The summed E-state index contributed by atoms with van der Waals surface area (Å²) in [6.45, 7) is 1.43. The smallest absolute Gasteiger partial charge is 0.282 e. The molecule has 2 aromatic heterocycles. The molecule has 3 aromatic rings. The minimum absolute atomic E-state index is 0.0158. The van der Waals surface area contributed by atoms with Crippen molar-refractivity contribution in [1.82, 2.24) is 19.8 Å². The minimum Gasteiger partial charge on any atom is -0.380 e. The van der Waals surface area contributed by atoms with Crippen LogP contribution in [-0.4, -0.2) is 65.0 Å². The van der Waals surface area contributed by atoms with Gasteiger partial charge in [-0.25, -0.2) is 18.2 Å². The molecular formula is C32H33ClF3N5O4. The summed E-state index contributed by atoms with van der Waals surface area (Å²) < 4.78 is 48.8. The van der Waals surface area contributed by atoms with Crippen LogP contribution in [0.15, 0.2) is 41.3 Å². The van der Waals surface area contributed by atoms with Gasteiger partial charge in [0.2, 0.25) is 0 Å². The number of ether oxygens (including phenoxy) is 1. The van der Waals surface area contributed by atoms with Crippen molar-refractivity contribution >= 4 is 29.2 Å². The number of methoxy groups -OCH3 is 1. The second-order valence-corrected chi connectivity index (χ2v) is 12.5. The normalized spacial score (nSPS) is 18.0. The fraction of sp³-hybridized carbons (Fsp3) is 0.438. The highest BCUT2D eigenvalue weighted by atomic mass is 35.5. The number of rotatable bonds is 11. The Balaban J connectivity index is 1.33. The van der Waals surface area contributed by atoms with Gasteiger partial charge in [0.05, 0.1) is 24.2 Å². The van der Waals surface area contributed by atoms with Crippen molar-refractivity contribution in [3.8, 4) is 11.1 Å². The molecule has 2 saturated carbocycles. The molecule has 6 rings (SSSR count). The summed E-state index contributed by atoms with van der Waals surface area (Å²) in [5, 5.41) is 5.69. The third kappa shape index (κ3) is 6.92. The molecule has 2 amide bonds. The largest absolute Gasteiger partial charge is 0.380 e. The standard InChI is InChI=1S/C32H33ClF3N5O4/c1-17(45-2)12-37-13-18-7-24(31(44)41(14-18)21-5-6-21)29(42)39-28-9-20(8-27(38-28)19-3-4-19)22-11-26(34)25(33)10-23(22)30(43)40-15-32(35,36)16-40/h7-11,14,17,19,21,37H,3-6,12-13,15-16H2,1-2H3,(H,38,39,42)/t17-/m0/s1. The summed E-state index contributed by atoms with van der Waals surface area (Å²) in [7, 11) is 1.62. The van der Waals surface area contributed by atoms with E-state index in [9.17, 15) is 27.6 Å². The summed E-state index contributed by atoms with van der Waals surface area (Å²) in [5.74, 6) is -4.94. The first-order valence-corrected chi connectivity index (χ1v) is 15.3. The van der Waals surface area contributed by atoms with Crippen molar-refractivity contribution < 1.29 is 27.5 Å². The number of hydrogen-bond acceptors (Lipinski definition) is 6. The van der Waals surface area contributed by atoms with Crippen molar-refractivity contribution in [1.29, 1.82) is 0 Å². The Morgan fingerprint density at radius 1 is 1.11 bits per heavy atom. The molecule has 45 heavy (non-hydrogen) atoms. The Hall–Kier alpha value is -3.74. The maximum absolute atomic E-state index is 14.8. The van der Waals surface area contributed by atoms with Crippen LogP contribution in [0, 0.1) is 5.82 Å². The average Bonchev–Trinajstić information content (AvgIpc) is 3.91. The molecule has 9 nitrogen and oxygen atoms in total. The van der Waals surface area contributed by atoms with E-state index in [2.05, 4.69) is 15.6 Å². The number of pyridine rings is 2. The number of alkyl halides is 2. The van der Waals surface area contributed by atoms with Crippen LogP contribution in [-0.2, 0) is 11.3 Å². The molecule has 0 radical (unpaired) electrons. The first kappa shape index (κ1) is 31.3. The summed E-state index contributed by atoms with van der Waals surface area (Å²) >= 11 is 6.01. The second kappa shape index (κ2) is 12.2. The van der Waals surface area contributed by atoms with Gasteiger partial charge >= 0.3 is 0 Å². The number of carbonyl (C=O) groups is 2. The highest BCUT2D eigenvalue weighted by Crippen LogP contribution is 2.42. The number of anilines is 1. The van der Waals surface area contributed by atoms with E-state index in [1.54, 1.807) is 30.0 Å². The second-order valence-electron chi connectivity index (χ2n) is 12.1. The van der Waals surface area contributed by atoms with Gasteiger partial charge in [0.1, 0.15) is 17.2 Å². The van der Waals surface area contributed by atoms with Gasteiger partial charge in [-0.3, -0.25) is 14.4 Å². The van der Waals surface area contributed by atoms with Gasteiger partial charge in [-0.15, -0.1) is 0 Å². The molecule has 1 atom stereocenters. The fourth-order valence-corrected chi connectivity index (χ4v) is 5.54. The maximum atomic E-state index is 14.8. The number of aromatic nitrogens is 2. The number of amides is 2. The minimum atomic E-state index is -2.99. The molecule has 3 heterocycles. The maximum Gasteiger partial charge on any atom is 0.282 e. The molecule has 1 aromatic carbocycles. The van der Waals surface area contributed by atoms with Gasteiger partial charge in [-0.05, 0) is 79.6 Å². The van der Waals surface area contributed by atoms with Crippen LogP contribution < -0.4 is 16.2 Å². The molecule has 238 valence electrons. The van der Waals surface area contributed by atoms with E-state index < -0.39 is 42.2 Å². The SMILES string of the molecule is CO[C@@H](C)CNCc1cc(C(=O)Nc2cc(-c3cc(F)c(Cl)cc3C(=O)N3CC(F)(F)C3)cc(C3CC3)n2)c(=O)n(C2CC2)c1. The molecule has 3 aliphatic rings. The Labute approximate surface area is 262 Å². The van der Waals surface area contributed by atoms with Crippen molar-refractivity contribution in [3.05, 3.63) is 80.1 Å². The number of hydrogen-bond donors (Lipinski definition) is 2. The molecule has 13 heteroatoms. The third-order valence-electron chi connectivity index (χ3n) is 8.26. The topological polar surface area (TPSA) is 106 Å². The molecule has 3 fully saturated rings. The van der Waals surface area contributed by atoms with Crippen LogP contribution in [0.25, 0.3) is 11.1 Å². The lowest BCUT2D eigenvalue weighted by Crippen LogP contribution is -2.58. The van der Waals surface area contributed by atoms with Gasteiger partial charge in [-0.1, -0.05) is 11.6 Å². The van der Waals surface area contributed by atoms with E-state index >= 15 is 0 Å². The number of likely N-dealkylation sites (tertiary alicyclic amines) is 1. The molecular weight excluding hydrogens is 611 g/mol. The number of benzene rings is 1. The highest BCUT2D eigenvalue weighted by molar-refractivity contribution is 6.31. The van der Waals surface area contributed by atoms with Gasteiger partial charge in [0.25, 0.3) is 23.3 Å².